The van der Waals surface area contributed by atoms with Gasteiger partial charge in [-0.15, -0.1) is 0 Å². The van der Waals surface area contributed by atoms with Gasteiger partial charge in [0.2, 0.25) is 11.8 Å². The molecule has 1 aromatic heterocycles. The van der Waals surface area contributed by atoms with E-state index in [1.165, 1.54) is 13.0 Å². The van der Waals surface area contributed by atoms with Crippen molar-refractivity contribution in [1.29, 1.82) is 5.26 Å². The lowest BCUT2D eigenvalue weighted by Crippen LogP contribution is -2.34. The zero-order valence-corrected chi connectivity index (χ0v) is 18.0. The smallest absolute Gasteiger partial charge is 0.267 e. The number of nitriles is 1. The lowest BCUT2D eigenvalue weighted by atomic mass is 10.1. The van der Waals surface area contributed by atoms with Gasteiger partial charge in [0.1, 0.15) is 6.04 Å². The molecule has 0 spiro atoms. The Labute approximate surface area is 185 Å². The summed E-state index contributed by atoms with van der Waals surface area (Å²) in [7, 11) is 0. The van der Waals surface area contributed by atoms with Crippen LogP contribution in [0.3, 0.4) is 0 Å². The van der Waals surface area contributed by atoms with E-state index in [4.69, 9.17) is 5.26 Å². The Balaban J connectivity index is 1.94. The molecule has 0 radical (unpaired) electrons. The summed E-state index contributed by atoms with van der Waals surface area (Å²) in [5, 5.41) is 19.0. The van der Waals surface area contributed by atoms with Crippen molar-refractivity contribution < 1.29 is 9.59 Å². The van der Waals surface area contributed by atoms with Crippen LogP contribution in [0.2, 0.25) is 0 Å². The average Bonchev–Trinajstić information content (AvgIpc) is 2.77. The van der Waals surface area contributed by atoms with Gasteiger partial charge in [-0.3, -0.25) is 14.4 Å². The van der Waals surface area contributed by atoms with Crippen molar-refractivity contribution in [3.8, 4) is 17.3 Å². The first kappa shape index (κ1) is 22.4. The third-order valence-corrected chi connectivity index (χ3v) is 4.91. The SMILES string of the molecule is CC[C@H](C(=O)Nc1cccc(C#N)c1)n1nc(-c2ccc(C)c(NC(C)=O)c2)ccc1=O. The topological polar surface area (TPSA) is 117 Å². The number of nitrogens with zero attached hydrogens (tertiary/aromatic N) is 3. The minimum absolute atomic E-state index is 0.189. The van der Waals surface area contributed by atoms with Crippen molar-refractivity contribution in [2.24, 2.45) is 0 Å². The monoisotopic (exact) mass is 429 g/mol. The molecule has 3 rings (SSSR count). The predicted octanol–water partition coefficient (Wildman–Crippen LogP) is 3.64. The van der Waals surface area contributed by atoms with Gasteiger partial charge in [0.25, 0.3) is 5.56 Å². The molecule has 0 saturated heterocycles. The maximum absolute atomic E-state index is 12.9. The summed E-state index contributed by atoms with van der Waals surface area (Å²) in [6.07, 6.45) is 0.338. The molecule has 2 amide bonds. The maximum Gasteiger partial charge on any atom is 0.267 e. The molecule has 1 atom stereocenters. The van der Waals surface area contributed by atoms with E-state index >= 15 is 0 Å². The highest BCUT2D eigenvalue weighted by molar-refractivity contribution is 5.94. The Kier molecular flexibility index (Phi) is 6.80. The van der Waals surface area contributed by atoms with E-state index in [0.717, 1.165) is 10.2 Å². The molecule has 8 nitrogen and oxygen atoms in total. The molecule has 1 heterocycles. The molecule has 2 aromatic carbocycles. The molecule has 0 aliphatic carbocycles. The zero-order valence-electron chi connectivity index (χ0n) is 18.0. The Morgan fingerprint density at radius 1 is 1.12 bits per heavy atom. The Morgan fingerprint density at radius 3 is 2.59 bits per heavy atom. The number of aromatic nitrogens is 2. The van der Waals surface area contributed by atoms with Crippen molar-refractivity contribution in [3.63, 3.8) is 0 Å². The molecule has 2 N–H and O–H groups in total. The lowest BCUT2D eigenvalue weighted by Gasteiger charge is -2.18. The molecule has 0 aliphatic rings. The fraction of sp³-hybridized carbons (Fsp3) is 0.208. The van der Waals surface area contributed by atoms with E-state index in [1.54, 1.807) is 43.3 Å². The van der Waals surface area contributed by atoms with Crippen LogP contribution in [0.15, 0.2) is 59.4 Å². The van der Waals surface area contributed by atoms with Crippen LogP contribution in [-0.2, 0) is 9.59 Å². The molecular formula is C24H23N5O3. The number of carbonyl (C=O) groups is 2. The largest absolute Gasteiger partial charge is 0.326 e. The van der Waals surface area contributed by atoms with Crippen LogP contribution in [0.1, 0.15) is 37.4 Å². The van der Waals surface area contributed by atoms with Crippen LogP contribution in [0, 0.1) is 18.3 Å². The molecule has 8 heteroatoms. The zero-order chi connectivity index (χ0) is 23.3. The number of benzene rings is 2. The molecule has 0 fully saturated rings. The van der Waals surface area contributed by atoms with Crippen LogP contribution in [0.5, 0.6) is 0 Å². The minimum atomic E-state index is -0.839. The van der Waals surface area contributed by atoms with Gasteiger partial charge in [0, 0.05) is 29.9 Å². The molecule has 32 heavy (non-hydrogen) atoms. The second kappa shape index (κ2) is 9.71. The van der Waals surface area contributed by atoms with Gasteiger partial charge in [-0.1, -0.05) is 25.1 Å². The fourth-order valence-electron chi connectivity index (χ4n) is 3.27. The van der Waals surface area contributed by atoms with Gasteiger partial charge in [-0.25, -0.2) is 4.68 Å². The van der Waals surface area contributed by atoms with Gasteiger partial charge in [-0.2, -0.15) is 10.4 Å². The number of rotatable bonds is 6. The molecular weight excluding hydrogens is 406 g/mol. The van der Waals surface area contributed by atoms with Gasteiger partial charge >= 0.3 is 0 Å². The minimum Gasteiger partial charge on any atom is -0.326 e. The molecule has 0 bridgehead atoms. The van der Waals surface area contributed by atoms with Crippen LogP contribution in [0.4, 0.5) is 11.4 Å². The van der Waals surface area contributed by atoms with E-state index in [-0.39, 0.29) is 5.91 Å². The van der Waals surface area contributed by atoms with Crippen LogP contribution < -0.4 is 16.2 Å². The number of hydrogen-bond acceptors (Lipinski definition) is 5. The second-order valence-electron chi connectivity index (χ2n) is 7.32. The molecule has 0 saturated carbocycles. The van der Waals surface area contributed by atoms with E-state index in [9.17, 15) is 14.4 Å². The highest BCUT2D eigenvalue weighted by Gasteiger charge is 2.22. The highest BCUT2D eigenvalue weighted by Crippen LogP contribution is 2.24. The van der Waals surface area contributed by atoms with Crippen molar-refractivity contribution in [3.05, 3.63) is 76.1 Å². The van der Waals surface area contributed by atoms with Crippen LogP contribution in [0.25, 0.3) is 11.3 Å². The predicted molar refractivity (Wildman–Crippen MR) is 122 cm³/mol. The highest BCUT2D eigenvalue weighted by atomic mass is 16.2. The maximum atomic E-state index is 12.9. The summed E-state index contributed by atoms with van der Waals surface area (Å²) < 4.78 is 1.16. The fourth-order valence-corrected chi connectivity index (χ4v) is 3.27. The first-order valence-electron chi connectivity index (χ1n) is 10.1. The normalized spacial score (nSPS) is 11.3. The van der Waals surface area contributed by atoms with E-state index in [2.05, 4.69) is 15.7 Å². The van der Waals surface area contributed by atoms with Crippen LogP contribution >= 0.6 is 0 Å². The molecule has 162 valence electrons. The molecule has 0 unspecified atom stereocenters. The first-order chi connectivity index (χ1) is 15.3. The van der Waals surface area contributed by atoms with Gasteiger partial charge in [-0.05, 0) is 49.2 Å². The van der Waals surface area contributed by atoms with E-state index in [0.29, 0.717) is 34.6 Å². The number of anilines is 2. The van der Waals surface area contributed by atoms with E-state index < -0.39 is 17.5 Å². The quantitative estimate of drug-likeness (QED) is 0.620. The third-order valence-electron chi connectivity index (χ3n) is 4.91. The summed E-state index contributed by atoms with van der Waals surface area (Å²) >= 11 is 0. The number of aryl methyl sites for hydroxylation is 1. The van der Waals surface area contributed by atoms with Crippen molar-refractivity contribution >= 4 is 23.2 Å². The molecule has 3 aromatic rings. The lowest BCUT2D eigenvalue weighted by molar-refractivity contribution is -0.119. The first-order valence-corrected chi connectivity index (χ1v) is 10.1. The Hall–Kier alpha value is -4.25. The van der Waals surface area contributed by atoms with Crippen molar-refractivity contribution in [2.45, 2.75) is 33.2 Å². The van der Waals surface area contributed by atoms with Gasteiger partial charge in [0.05, 0.1) is 17.3 Å². The number of hydrogen-bond donors (Lipinski definition) is 2. The summed E-state index contributed by atoms with van der Waals surface area (Å²) in [6, 6.07) is 16.2. The third kappa shape index (κ3) is 5.08. The van der Waals surface area contributed by atoms with E-state index in [1.807, 2.05) is 25.1 Å². The van der Waals surface area contributed by atoms with Crippen molar-refractivity contribution in [1.82, 2.24) is 9.78 Å². The van der Waals surface area contributed by atoms with Gasteiger partial charge < -0.3 is 10.6 Å². The summed E-state index contributed by atoms with van der Waals surface area (Å²) in [5.74, 6) is -0.594. The number of amides is 2. The molecule has 0 aliphatic heterocycles. The second-order valence-corrected chi connectivity index (χ2v) is 7.32. The summed E-state index contributed by atoms with van der Waals surface area (Å²) in [5.41, 5.74) is 3.21. The number of carbonyl (C=O) groups excluding carboxylic acids is 2. The standard InChI is InChI=1S/C24H23N5O3/c1-4-22(24(32)27-19-7-5-6-17(12-19)14-25)29-23(31)11-10-20(28-29)18-9-8-15(2)21(13-18)26-16(3)30/h5-13,22H,4H2,1-3H3,(H,26,30)(H,27,32)/t22-/m1/s1. The summed E-state index contributed by atoms with van der Waals surface area (Å²) in [4.78, 5) is 36.9. The van der Waals surface area contributed by atoms with Crippen molar-refractivity contribution in [2.75, 3.05) is 10.6 Å². The Morgan fingerprint density at radius 2 is 1.91 bits per heavy atom. The van der Waals surface area contributed by atoms with Gasteiger partial charge in [0.15, 0.2) is 0 Å². The number of nitrogens with one attached hydrogen (secondary N) is 2. The van der Waals surface area contributed by atoms with Crippen LogP contribution in [-0.4, -0.2) is 21.6 Å². The Bertz CT molecular complexity index is 1270. The summed E-state index contributed by atoms with van der Waals surface area (Å²) in [6.45, 7) is 5.10. The average molecular weight is 429 g/mol.